The second-order valence-corrected chi connectivity index (χ2v) is 4.72. The lowest BCUT2D eigenvalue weighted by atomic mass is 10.1. The molecule has 6 heteroatoms. The van der Waals surface area contributed by atoms with Crippen LogP contribution in [0.4, 0.5) is 5.69 Å². The number of hydrogen-bond acceptors (Lipinski definition) is 4. The van der Waals surface area contributed by atoms with Gasteiger partial charge in [0.05, 0.1) is 18.6 Å². The predicted octanol–water partition coefficient (Wildman–Crippen LogP) is 0.856. The summed E-state index contributed by atoms with van der Waals surface area (Å²) in [5.41, 5.74) is 1.82. The van der Waals surface area contributed by atoms with Gasteiger partial charge in [0.25, 0.3) is 0 Å². The van der Waals surface area contributed by atoms with Gasteiger partial charge in [0.2, 0.25) is 11.8 Å². The molecule has 2 rings (SSSR count). The molecule has 0 spiro atoms. The van der Waals surface area contributed by atoms with Crippen molar-refractivity contribution in [2.45, 2.75) is 13.3 Å². The number of nitrogens with one attached hydrogen (secondary N) is 2. The first-order valence-corrected chi connectivity index (χ1v) is 6.28. The second-order valence-electron chi connectivity index (χ2n) is 4.72. The lowest BCUT2D eigenvalue weighted by molar-refractivity contribution is -0.123. The van der Waals surface area contributed by atoms with E-state index in [4.69, 9.17) is 0 Å². The zero-order valence-corrected chi connectivity index (χ0v) is 11.4. The van der Waals surface area contributed by atoms with E-state index in [2.05, 4.69) is 15.4 Å². The average Bonchev–Trinajstić information content (AvgIpc) is 2.86. The van der Waals surface area contributed by atoms with Crippen molar-refractivity contribution in [2.75, 3.05) is 19.0 Å². The molecule has 2 amide bonds. The Balaban J connectivity index is 2.08. The van der Waals surface area contributed by atoms with E-state index < -0.39 is 5.97 Å². The van der Waals surface area contributed by atoms with Gasteiger partial charge in [-0.05, 0) is 30.7 Å². The molecule has 0 saturated carbocycles. The summed E-state index contributed by atoms with van der Waals surface area (Å²) in [6, 6.07) is 4.90. The van der Waals surface area contributed by atoms with Gasteiger partial charge in [0, 0.05) is 18.7 Å². The third-order valence-electron chi connectivity index (χ3n) is 3.25. The molecule has 1 unspecified atom stereocenters. The summed E-state index contributed by atoms with van der Waals surface area (Å²) in [7, 11) is 1.32. The summed E-state index contributed by atoms with van der Waals surface area (Å²) in [5, 5.41) is 5.40. The van der Waals surface area contributed by atoms with Crippen molar-refractivity contribution in [3.63, 3.8) is 0 Å². The van der Waals surface area contributed by atoms with Crippen LogP contribution in [-0.4, -0.2) is 31.4 Å². The number of carbonyl (C=O) groups is 3. The molecule has 1 aliphatic rings. The van der Waals surface area contributed by atoms with Crippen molar-refractivity contribution >= 4 is 23.5 Å². The lowest BCUT2D eigenvalue weighted by Gasteiger charge is -2.12. The molecule has 1 heterocycles. The molecule has 2 N–H and O–H groups in total. The Bertz CT molecular complexity index is 568. The number of aryl methyl sites for hydroxylation is 1. The van der Waals surface area contributed by atoms with Gasteiger partial charge in [-0.1, -0.05) is 0 Å². The van der Waals surface area contributed by atoms with Crippen molar-refractivity contribution in [1.29, 1.82) is 0 Å². The molecule has 0 aromatic heterocycles. The standard InChI is InChI=1S/C14H16N2O4/c1-8-5-9(14(19)20-2)3-4-11(8)16-13(18)10-6-12(17)15-7-10/h3-5,10H,6-7H2,1-2H3,(H,15,17)(H,16,18). The minimum Gasteiger partial charge on any atom is -0.465 e. The van der Waals surface area contributed by atoms with Crippen molar-refractivity contribution < 1.29 is 19.1 Å². The molecule has 0 radical (unpaired) electrons. The molecule has 1 aromatic carbocycles. The molecule has 106 valence electrons. The normalized spacial score (nSPS) is 17.5. The number of ether oxygens (including phenoxy) is 1. The van der Waals surface area contributed by atoms with Gasteiger partial charge in [-0.3, -0.25) is 9.59 Å². The fraction of sp³-hybridized carbons (Fsp3) is 0.357. The molecule has 20 heavy (non-hydrogen) atoms. The Labute approximate surface area is 116 Å². The van der Waals surface area contributed by atoms with Gasteiger partial charge in [0.15, 0.2) is 0 Å². The molecule has 1 aromatic rings. The Hall–Kier alpha value is -2.37. The Morgan fingerprint density at radius 3 is 2.70 bits per heavy atom. The molecule has 1 atom stereocenters. The first-order valence-electron chi connectivity index (χ1n) is 6.28. The highest BCUT2D eigenvalue weighted by atomic mass is 16.5. The van der Waals surface area contributed by atoms with Crippen LogP contribution in [0.15, 0.2) is 18.2 Å². The van der Waals surface area contributed by atoms with Gasteiger partial charge >= 0.3 is 5.97 Å². The summed E-state index contributed by atoms with van der Waals surface area (Å²) in [4.78, 5) is 34.5. The third-order valence-corrected chi connectivity index (χ3v) is 3.25. The van der Waals surface area contributed by atoms with Crippen LogP contribution in [0.5, 0.6) is 0 Å². The molecular weight excluding hydrogens is 260 g/mol. The number of amides is 2. The average molecular weight is 276 g/mol. The highest BCUT2D eigenvalue weighted by molar-refractivity contribution is 5.98. The fourth-order valence-corrected chi connectivity index (χ4v) is 2.07. The van der Waals surface area contributed by atoms with Gasteiger partial charge < -0.3 is 15.4 Å². The van der Waals surface area contributed by atoms with Gasteiger partial charge in [-0.2, -0.15) is 0 Å². The van der Waals surface area contributed by atoms with Crippen LogP contribution >= 0.6 is 0 Å². The van der Waals surface area contributed by atoms with E-state index in [0.29, 0.717) is 17.8 Å². The lowest BCUT2D eigenvalue weighted by Crippen LogP contribution is -2.25. The maximum atomic E-state index is 12.0. The van der Waals surface area contributed by atoms with Crippen LogP contribution in [0.2, 0.25) is 0 Å². The van der Waals surface area contributed by atoms with Gasteiger partial charge in [0.1, 0.15) is 0 Å². The number of anilines is 1. The second kappa shape index (κ2) is 5.73. The van der Waals surface area contributed by atoms with Crippen LogP contribution in [-0.2, 0) is 14.3 Å². The van der Waals surface area contributed by atoms with Gasteiger partial charge in [-0.15, -0.1) is 0 Å². The van der Waals surface area contributed by atoms with Crippen molar-refractivity contribution in [2.24, 2.45) is 5.92 Å². The number of hydrogen-bond donors (Lipinski definition) is 2. The Morgan fingerprint density at radius 2 is 2.15 bits per heavy atom. The molecular formula is C14H16N2O4. The minimum atomic E-state index is -0.420. The maximum absolute atomic E-state index is 12.0. The van der Waals surface area contributed by atoms with Crippen molar-refractivity contribution in [3.05, 3.63) is 29.3 Å². The topological polar surface area (TPSA) is 84.5 Å². The van der Waals surface area contributed by atoms with Crippen molar-refractivity contribution in [1.82, 2.24) is 5.32 Å². The first-order chi connectivity index (χ1) is 9.51. The first kappa shape index (κ1) is 14.0. The largest absolute Gasteiger partial charge is 0.465 e. The van der Waals surface area contributed by atoms with Crippen LogP contribution in [0.25, 0.3) is 0 Å². The third kappa shape index (κ3) is 2.96. The van der Waals surface area contributed by atoms with Crippen molar-refractivity contribution in [3.8, 4) is 0 Å². The predicted molar refractivity (Wildman–Crippen MR) is 72.3 cm³/mol. The molecule has 0 bridgehead atoms. The number of methoxy groups -OCH3 is 1. The fourth-order valence-electron chi connectivity index (χ4n) is 2.07. The molecule has 6 nitrogen and oxygen atoms in total. The SMILES string of the molecule is COC(=O)c1ccc(NC(=O)C2CNC(=O)C2)c(C)c1. The highest BCUT2D eigenvalue weighted by Crippen LogP contribution is 2.19. The van der Waals surface area contributed by atoms with E-state index in [1.54, 1.807) is 25.1 Å². The molecule has 1 saturated heterocycles. The maximum Gasteiger partial charge on any atom is 0.337 e. The monoisotopic (exact) mass is 276 g/mol. The van der Waals surface area contributed by atoms with Crippen LogP contribution < -0.4 is 10.6 Å². The van der Waals surface area contributed by atoms with Gasteiger partial charge in [-0.25, -0.2) is 4.79 Å². The number of benzene rings is 1. The molecule has 1 aliphatic heterocycles. The van der Waals surface area contributed by atoms with E-state index >= 15 is 0 Å². The van der Waals surface area contributed by atoms with Crippen LogP contribution in [0.1, 0.15) is 22.3 Å². The Kier molecular flexibility index (Phi) is 4.02. The molecule has 1 fully saturated rings. The summed E-state index contributed by atoms with van der Waals surface area (Å²) in [6.45, 7) is 2.16. The number of carbonyl (C=O) groups excluding carboxylic acids is 3. The highest BCUT2D eigenvalue weighted by Gasteiger charge is 2.28. The van der Waals surface area contributed by atoms with Crippen LogP contribution in [0, 0.1) is 12.8 Å². The summed E-state index contributed by atoms with van der Waals surface area (Å²) >= 11 is 0. The number of rotatable bonds is 3. The molecule has 0 aliphatic carbocycles. The van der Waals surface area contributed by atoms with E-state index in [1.165, 1.54) is 7.11 Å². The van der Waals surface area contributed by atoms with E-state index in [9.17, 15) is 14.4 Å². The quantitative estimate of drug-likeness (QED) is 0.802. The zero-order valence-electron chi connectivity index (χ0n) is 11.4. The Morgan fingerprint density at radius 1 is 1.40 bits per heavy atom. The summed E-state index contributed by atoms with van der Waals surface area (Å²) in [6.07, 6.45) is 0.213. The van der Waals surface area contributed by atoms with Crippen LogP contribution in [0.3, 0.4) is 0 Å². The minimum absolute atomic E-state index is 0.108. The summed E-state index contributed by atoms with van der Waals surface area (Å²) < 4.78 is 4.63. The summed E-state index contributed by atoms with van der Waals surface area (Å²) in [5.74, 6) is -1.07. The van der Waals surface area contributed by atoms with E-state index in [-0.39, 0.29) is 24.2 Å². The van der Waals surface area contributed by atoms with E-state index in [0.717, 1.165) is 5.56 Å². The van der Waals surface area contributed by atoms with E-state index in [1.807, 2.05) is 0 Å². The number of esters is 1. The zero-order chi connectivity index (χ0) is 14.7. The smallest absolute Gasteiger partial charge is 0.337 e.